The molecule has 0 spiro atoms. The molecule has 0 unspecified atom stereocenters. The number of carbonyl (C=O) groups is 1. The number of rotatable bonds is 8. The van der Waals surface area contributed by atoms with E-state index >= 15 is 0 Å². The number of ether oxygens (including phenoxy) is 3. The Balaban J connectivity index is 1.97. The topological polar surface area (TPSA) is 56.8 Å². The molecule has 0 saturated carbocycles. The van der Waals surface area contributed by atoms with Crippen LogP contribution in [0.5, 0.6) is 17.2 Å². The van der Waals surface area contributed by atoms with Crippen molar-refractivity contribution in [3.63, 3.8) is 0 Å². The summed E-state index contributed by atoms with van der Waals surface area (Å²) in [5, 5.41) is 3.60. The molecule has 0 aliphatic rings. The molecule has 1 atom stereocenters. The van der Waals surface area contributed by atoms with Crippen molar-refractivity contribution >= 4 is 17.5 Å². The first-order valence-corrected chi connectivity index (χ1v) is 9.63. The van der Waals surface area contributed by atoms with Gasteiger partial charge in [0.1, 0.15) is 5.75 Å². The van der Waals surface area contributed by atoms with Crippen LogP contribution in [0.2, 0.25) is 5.02 Å². The highest BCUT2D eigenvalue weighted by atomic mass is 35.5. The third-order valence-corrected chi connectivity index (χ3v) is 4.75. The molecule has 1 N–H and O–H groups in total. The van der Waals surface area contributed by atoms with E-state index < -0.39 is 6.10 Å². The van der Waals surface area contributed by atoms with Gasteiger partial charge in [-0.1, -0.05) is 17.7 Å². The highest BCUT2D eigenvalue weighted by molar-refractivity contribution is 6.32. The number of methoxy groups -OCH3 is 1. The smallest absolute Gasteiger partial charge is 0.261 e. The monoisotopic (exact) mass is 405 g/mol. The number of benzene rings is 2. The molecule has 0 radical (unpaired) electrons. The minimum atomic E-state index is -0.634. The van der Waals surface area contributed by atoms with Crippen molar-refractivity contribution in [2.75, 3.05) is 7.11 Å². The van der Waals surface area contributed by atoms with Crippen molar-refractivity contribution in [1.29, 1.82) is 0 Å². The minimum Gasteiger partial charge on any atom is -0.493 e. The van der Waals surface area contributed by atoms with Gasteiger partial charge in [0.05, 0.1) is 13.2 Å². The third kappa shape index (κ3) is 5.80. The van der Waals surface area contributed by atoms with E-state index in [0.29, 0.717) is 28.8 Å². The van der Waals surface area contributed by atoms with E-state index in [9.17, 15) is 4.79 Å². The number of nitrogens with one attached hydrogen (secondary N) is 1. The van der Waals surface area contributed by atoms with Gasteiger partial charge in [0.15, 0.2) is 17.6 Å². The van der Waals surface area contributed by atoms with E-state index in [4.69, 9.17) is 25.8 Å². The average molecular weight is 406 g/mol. The van der Waals surface area contributed by atoms with Crippen molar-refractivity contribution in [2.45, 2.75) is 53.4 Å². The van der Waals surface area contributed by atoms with Gasteiger partial charge in [-0.3, -0.25) is 4.79 Å². The Bertz CT molecular complexity index is 812. The minimum absolute atomic E-state index is 0.0533. The van der Waals surface area contributed by atoms with Crippen LogP contribution in [-0.2, 0) is 11.3 Å². The Kier molecular flexibility index (Phi) is 7.58. The van der Waals surface area contributed by atoms with Gasteiger partial charge in [-0.15, -0.1) is 0 Å². The van der Waals surface area contributed by atoms with Gasteiger partial charge in [0.2, 0.25) is 0 Å². The third-order valence-electron chi connectivity index (χ3n) is 4.15. The van der Waals surface area contributed by atoms with Crippen LogP contribution in [0.15, 0.2) is 30.3 Å². The van der Waals surface area contributed by atoms with Gasteiger partial charge < -0.3 is 19.5 Å². The molecular formula is C22H28ClNO4. The maximum absolute atomic E-state index is 12.4. The summed E-state index contributed by atoms with van der Waals surface area (Å²) in [6.07, 6.45) is -0.581. The zero-order valence-corrected chi connectivity index (χ0v) is 18.0. The average Bonchev–Trinajstić information content (AvgIpc) is 2.64. The summed E-state index contributed by atoms with van der Waals surface area (Å²) in [5.41, 5.74) is 2.74. The Morgan fingerprint density at radius 2 is 1.68 bits per heavy atom. The second-order valence-corrected chi connectivity index (χ2v) is 7.38. The summed E-state index contributed by atoms with van der Waals surface area (Å²) in [6.45, 7) is 9.82. The maximum Gasteiger partial charge on any atom is 0.261 e. The van der Waals surface area contributed by atoms with Gasteiger partial charge >= 0.3 is 0 Å². The molecule has 1 amide bonds. The molecule has 0 aromatic heterocycles. The van der Waals surface area contributed by atoms with Gasteiger partial charge in [0.25, 0.3) is 5.91 Å². The first kappa shape index (κ1) is 21.9. The Labute approximate surface area is 171 Å². The summed E-state index contributed by atoms with van der Waals surface area (Å²) in [5.74, 6) is 1.74. The number of amides is 1. The van der Waals surface area contributed by atoms with Crippen LogP contribution in [0.25, 0.3) is 0 Å². The molecule has 0 heterocycles. The Hall–Kier alpha value is -2.40. The molecule has 6 heteroatoms. The van der Waals surface area contributed by atoms with Gasteiger partial charge in [-0.2, -0.15) is 0 Å². The lowest BCUT2D eigenvalue weighted by atomic mass is 10.1. The van der Waals surface area contributed by atoms with Crippen molar-refractivity contribution in [1.82, 2.24) is 5.32 Å². The SMILES string of the molecule is COc1cc(CNC(=O)[C@H](C)Oc2cc(C)c(Cl)c(C)c2)ccc1OC(C)C. The van der Waals surface area contributed by atoms with Crippen LogP contribution in [-0.4, -0.2) is 25.2 Å². The Morgan fingerprint density at radius 1 is 1.04 bits per heavy atom. The molecule has 28 heavy (non-hydrogen) atoms. The fraction of sp³-hybridized carbons (Fsp3) is 0.409. The maximum atomic E-state index is 12.4. The summed E-state index contributed by atoms with van der Waals surface area (Å²) in [6, 6.07) is 9.27. The largest absolute Gasteiger partial charge is 0.493 e. The van der Waals surface area contributed by atoms with Crippen LogP contribution in [0.4, 0.5) is 0 Å². The molecule has 0 aliphatic heterocycles. The Morgan fingerprint density at radius 3 is 2.25 bits per heavy atom. The van der Waals surface area contributed by atoms with Gasteiger partial charge in [-0.05, 0) is 75.6 Å². The van der Waals surface area contributed by atoms with E-state index in [1.54, 1.807) is 14.0 Å². The first-order chi connectivity index (χ1) is 13.2. The number of hydrogen-bond acceptors (Lipinski definition) is 4. The van der Waals surface area contributed by atoms with Crippen molar-refractivity contribution in [3.05, 3.63) is 52.0 Å². The number of hydrogen-bond donors (Lipinski definition) is 1. The molecule has 0 saturated heterocycles. The lowest BCUT2D eigenvalue weighted by Gasteiger charge is -2.17. The standard InChI is InChI=1S/C22H28ClNO4/c1-13(2)27-19-8-7-17(11-20(19)26-6)12-24-22(25)16(5)28-18-9-14(3)21(23)15(4)10-18/h7-11,13,16H,12H2,1-6H3,(H,24,25)/t16-/m0/s1. The molecule has 2 aromatic rings. The summed E-state index contributed by atoms with van der Waals surface area (Å²) in [7, 11) is 1.59. The molecule has 2 aromatic carbocycles. The highest BCUT2D eigenvalue weighted by Gasteiger charge is 2.16. The van der Waals surface area contributed by atoms with E-state index in [1.165, 1.54) is 0 Å². The van der Waals surface area contributed by atoms with E-state index in [1.807, 2.05) is 58.0 Å². The summed E-state index contributed by atoms with van der Waals surface area (Å²) in [4.78, 5) is 12.4. The molecule has 0 bridgehead atoms. The lowest BCUT2D eigenvalue weighted by molar-refractivity contribution is -0.127. The zero-order valence-electron chi connectivity index (χ0n) is 17.3. The zero-order chi connectivity index (χ0) is 20.8. The van der Waals surface area contributed by atoms with E-state index in [0.717, 1.165) is 16.7 Å². The number of carbonyl (C=O) groups excluding carboxylic acids is 1. The van der Waals surface area contributed by atoms with E-state index in [-0.39, 0.29) is 12.0 Å². The lowest BCUT2D eigenvalue weighted by Crippen LogP contribution is -2.35. The molecular weight excluding hydrogens is 378 g/mol. The highest BCUT2D eigenvalue weighted by Crippen LogP contribution is 2.29. The van der Waals surface area contributed by atoms with Crippen molar-refractivity contribution in [3.8, 4) is 17.2 Å². The van der Waals surface area contributed by atoms with Crippen molar-refractivity contribution < 1.29 is 19.0 Å². The second-order valence-electron chi connectivity index (χ2n) is 7.00. The number of aryl methyl sites for hydroxylation is 2. The van der Waals surface area contributed by atoms with Gasteiger partial charge in [0, 0.05) is 11.6 Å². The van der Waals surface area contributed by atoms with Crippen LogP contribution in [0.1, 0.15) is 37.5 Å². The molecule has 5 nitrogen and oxygen atoms in total. The van der Waals surface area contributed by atoms with Crippen molar-refractivity contribution in [2.24, 2.45) is 0 Å². The predicted molar refractivity (Wildman–Crippen MR) is 112 cm³/mol. The van der Waals surface area contributed by atoms with Gasteiger partial charge in [-0.25, -0.2) is 0 Å². The molecule has 152 valence electrons. The van der Waals surface area contributed by atoms with Crippen LogP contribution in [0, 0.1) is 13.8 Å². The number of halogens is 1. The van der Waals surface area contributed by atoms with Crippen LogP contribution >= 0.6 is 11.6 Å². The second kappa shape index (κ2) is 9.69. The fourth-order valence-electron chi connectivity index (χ4n) is 2.74. The fourth-order valence-corrected chi connectivity index (χ4v) is 2.85. The van der Waals surface area contributed by atoms with Crippen LogP contribution in [0.3, 0.4) is 0 Å². The first-order valence-electron chi connectivity index (χ1n) is 9.26. The quantitative estimate of drug-likeness (QED) is 0.683. The molecule has 0 fully saturated rings. The van der Waals surface area contributed by atoms with E-state index in [2.05, 4.69) is 5.32 Å². The summed E-state index contributed by atoms with van der Waals surface area (Å²) < 4.78 is 16.9. The normalized spacial score (nSPS) is 11.9. The molecule has 0 aliphatic carbocycles. The van der Waals surface area contributed by atoms with Crippen LogP contribution < -0.4 is 19.5 Å². The summed E-state index contributed by atoms with van der Waals surface area (Å²) >= 11 is 6.18. The predicted octanol–water partition coefficient (Wildman–Crippen LogP) is 4.84. The molecule has 2 rings (SSSR count).